The fraction of sp³-hybridized carbons (Fsp3) is 0.429. The van der Waals surface area contributed by atoms with Gasteiger partial charge in [-0.25, -0.2) is 0 Å². The molecule has 1 saturated carbocycles. The molecule has 0 amide bonds. The fourth-order valence-electron chi connectivity index (χ4n) is 3.56. The van der Waals surface area contributed by atoms with Crippen molar-refractivity contribution in [3.8, 4) is 0 Å². The minimum atomic E-state index is -1.31. The van der Waals surface area contributed by atoms with Gasteiger partial charge >= 0.3 is 11.9 Å². The standard InChI is InChI=1S/C21H26O4/c1-5-17-14-21(19(22)24-6-2,20(23)25-7-3)15(4)18(17)13-16-11-9-8-10-12-16/h5,8-13,15,17H,1,6-7,14H2,2-4H3/b18-13+. The second-order valence-corrected chi connectivity index (χ2v) is 6.24. The highest BCUT2D eigenvalue weighted by Gasteiger charge is 2.60. The Morgan fingerprint density at radius 2 is 1.72 bits per heavy atom. The van der Waals surface area contributed by atoms with Crippen molar-refractivity contribution in [3.05, 3.63) is 54.1 Å². The smallest absolute Gasteiger partial charge is 0.324 e. The first-order valence-corrected chi connectivity index (χ1v) is 8.74. The Kier molecular flexibility index (Phi) is 6.18. The zero-order chi connectivity index (χ0) is 18.4. The molecule has 0 heterocycles. The lowest BCUT2D eigenvalue weighted by Crippen LogP contribution is -2.44. The van der Waals surface area contributed by atoms with Crippen LogP contribution in [0.25, 0.3) is 6.08 Å². The van der Waals surface area contributed by atoms with Gasteiger partial charge in [0.1, 0.15) is 0 Å². The van der Waals surface area contributed by atoms with Gasteiger partial charge in [-0.2, -0.15) is 0 Å². The normalized spacial score (nSPS) is 23.2. The highest BCUT2D eigenvalue weighted by molar-refractivity contribution is 6.02. The monoisotopic (exact) mass is 342 g/mol. The molecule has 0 aliphatic heterocycles. The summed E-state index contributed by atoms with van der Waals surface area (Å²) in [6, 6.07) is 9.85. The van der Waals surface area contributed by atoms with Crippen LogP contribution in [0.2, 0.25) is 0 Å². The van der Waals surface area contributed by atoms with E-state index in [1.165, 1.54) is 0 Å². The highest BCUT2D eigenvalue weighted by atomic mass is 16.6. The lowest BCUT2D eigenvalue weighted by atomic mass is 9.77. The van der Waals surface area contributed by atoms with Crippen LogP contribution in [0.1, 0.15) is 32.8 Å². The molecule has 0 aromatic heterocycles. The Morgan fingerprint density at radius 3 is 2.20 bits per heavy atom. The van der Waals surface area contributed by atoms with Crippen LogP contribution in [0.3, 0.4) is 0 Å². The third kappa shape index (κ3) is 3.53. The SMILES string of the molecule is C=CC1CC(C(=O)OCC)(C(=O)OCC)C(C)/C1=C\c1ccccc1. The van der Waals surface area contributed by atoms with E-state index in [9.17, 15) is 9.59 Å². The van der Waals surface area contributed by atoms with E-state index in [2.05, 4.69) is 6.58 Å². The van der Waals surface area contributed by atoms with E-state index in [1.807, 2.05) is 43.3 Å². The Morgan fingerprint density at radius 1 is 1.16 bits per heavy atom. The van der Waals surface area contributed by atoms with E-state index in [4.69, 9.17) is 9.47 Å². The number of carbonyl (C=O) groups is 2. The summed E-state index contributed by atoms with van der Waals surface area (Å²) in [5, 5.41) is 0. The molecule has 0 N–H and O–H groups in total. The summed E-state index contributed by atoms with van der Waals surface area (Å²) in [6.45, 7) is 9.72. The first-order valence-electron chi connectivity index (χ1n) is 8.74. The number of carbonyl (C=O) groups excluding carboxylic acids is 2. The minimum absolute atomic E-state index is 0.0796. The molecule has 25 heavy (non-hydrogen) atoms. The maximum atomic E-state index is 12.8. The van der Waals surface area contributed by atoms with Gasteiger partial charge in [0.25, 0.3) is 0 Å². The van der Waals surface area contributed by atoms with Gasteiger partial charge in [0, 0.05) is 5.92 Å². The first kappa shape index (κ1) is 19.0. The molecule has 134 valence electrons. The van der Waals surface area contributed by atoms with Crippen molar-refractivity contribution in [1.82, 2.24) is 0 Å². The number of hydrogen-bond donors (Lipinski definition) is 0. The number of ether oxygens (including phenoxy) is 2. The van der Waals surface area contributed by atoms with Crippen LogP contribution in [0, 0.1) is 17.3 Å². The molecule has 4 heteroatoms. The molecular weight excluding hydrogens is 316 g/mol. The number of allylic oxidation sites excluding steroid dienone is 2. The van der Waals surface area contributed by atoms with Gasteiger partial charge in [-0.3, -0.25) is 9.59 Å². The minimum Gasteiger partial charge on any atom is -0.465 e. The van der Waals surface area contributed by atoms with Gasteiger partial charge in [0.2, 0.25) is 0 Å². The summed E-state index contributed by atoms with van der Waals surface area (Å²) in [4.78, 5) is 25.5. The summed E-state index contributed by atoms with van der Waals surface area (Å²) >= 11 is 0. The molecule has 1 aromatic carbocycles. The van der Waals surface area contributed by atoms with Crippen molar-refractivity contribution in [2.24, 2.45) is 17.3 Å². The van der Waals surface area contributed by atoms with Gasteiger partial charge in [-0.1, -0.05) is 55.0 Å². The van der Waals surface area contributed by atoms with Gasteiger partial charge in [-0.15, -0.1) is 6.58 Å². The van der Waals surface area contributed by atoms with Crippen molar-refractivity contribution >= 4 is 18.0 Å². The predicted octanol–water partition coefficient (Wildman–Crippen LogP) is 4.02. The summed E-state index contributed by atoms with van der Waals surface area (Å²) in [5.74, 6) is -1.42. The Hall–Kier alpha value is -2.36. The van der Waals surface area contributed by atoms with Crippen molar-refractivity contribution in [3.63, 3.8) is 0 Å². The molecule has 2 rings (SSSR count). The molecule has 0 spiro atoms. The molecule has 2 atom stereocenters. The highest BCUT2D eigenvalue weighted by Crippen LogP contribution is 2.52. The molecule has 1 fully saturated rings. The molecule has 1 aliphatic carbocycles. The van der Waals surface area contributed by atoms with E-state index >= 15 is 0 Å². The number of hydrogen-bond acceptors (Lipinski definition) is 4. The Balaban J connectivity index is 2.51. The van der Waals surface area contributed by atoms with E-state index in [0.717, 1.165) is 11.1 Å². The van der Waals surface area contributed by atoms with Crippen LogP contribution in [0.4, 0.5) is 0 Å². The van der Waals surface area contributed by atoms with Crippen LogP contribution in [0.5, 0.6) is 0 Å². The molecule has 0 saturated heterocycles. The third-order valence-electron chi connectivity index (χ3n) is 4.91. The summed E-state index contributed by atoms with van der Waals surface area (Å²) < 4.78 is 10.5. The molecule has 1 aromatic rings. The number of esters is 2. The van der Waals surface area contributed by atoms with Gasteiger partial charge in [0.15, 0.2) is 5.41 Å². The van der Waals surface area contributed by atoms with Crippen molar-refractivity contribution in [2.75, 3.05) is 13.2 Å². The van der Waals surface area contributed by atoms with Crippen molar-refractivity contribution < 1.29 is 19.1 Å². The Labute approximate surface area is 149 Å². The fourth-order valence-corrected chi connectivity index (χ4v) is 3.56. The maximum Gasteiger partial charge on any atom is 0.324 e. The number of benzene rings is 1. The van der Waals surface area contributed by atoms with Crippen LogP contribution < -0.4 is 0 Å². The largest absolute Gasteiger partial charge is 0.465 e. The van der Waals surface area contributed by atoms with Crippen LogP contribution in [0.15, 0.2) is 48.6 Å². The number of rotatable bonds is 6. The van der Waals surface area contributed by atoms with Crippen LogP contribution >= 0.6 is 0 Å². The van der Waals surface area contributed by atoms with Gasteiger partial charge in [0.05, 0.1) is 13.2 Å². The predicted molar refractivity (Wildman–Crippen MR) is 97.6 cm³/mol. The molecular formula is C21H26O4. The lowest BCUT2D eigenvalue weighted by Gasteiger charge is -2.28. The maximum absolute atomic E-state index is 12.8. The summed E-state index contributed by atoms with van der Waals surface area (Å²) in [7, 11) is 0. The molecule has 4 nitrogen and oxygen atoms in total. The first-order chi connectivity index (χ1) is 12.0. The van der Waals surface area contributed by atoms with E-state index in [1.54, 1.807) is 19.9 Å². The molecule has 0 radical (unpaired) electrons. The molecule has 0 bridgehead atoms. The lowest BCUT2D eigenvalue weighted by molar-refractivity contribution is -0.174. The second-order valence-electron chi connectivity index (χ2n) is 6.24. The third-order valence-corrected chi connectivity index (χ3v) is 4.91. The zero-order valence-electron chi connectivity index (χ0n) is 15.2. The summed E-state index contributed by atoms with van der Waals surface area (Å²) in [5.41, 5.74) is 0.716. The Bertz CT molecular complexity index is 642. The molecule has 2 unspecified atom stereocenters. The molecule has 1 aliphatic rings. The summed E-state index contributed by atoms with van der Waals surface area (Å²) in [6.07, 6.45) is 4.16. The topological polar surface area (TPSA) is 52.6 Å². The quantitative estimate of drug-likeness (QED) is 0.445. The van der Waals surface area contributed by atoms with Crippen LogP contribution in [-0.2, 0) is 19.1 Å². The average molecular weight is 342 g/mol. The van der Waals surface area contributed by atoms with E-state index in [0.29, 0.717) is 6.42 Å². The van der Waals surface area contributed by atoms with Gasteiger partial charge in [-0.05, 0) is 31.7 Å². The van der Waals surface area contributed by atoms with E-state index < -0.39 is 17.4 Å². The second kappa shape index (κ2) is 8.15. The van der Waals surface area contributed by atoms with E-state index in [-0.39, 0.29) is 25.0 Å². The van der Waals surface area contributed by atoms with Crippen molar-refractivity contribution in [2.45, 2.75) is 27.2 Å². The van der Waals surface area contributed by atoms with Crippen molar-refractivity contribution in [1.29, 1.82) is 0 Å². The average Bonchev–Trinajstić information content (AvgIpc) is 2.90. The zero-order valence-corrected chi connectivity index (χ0v) is 15.2. The van der Waals surface area contributed by atoms with Crippen LogP contribution in [-0.4, -0.2) is 25.2 Å². The van der Waals surface area contributed by atoms with Gasteiger partial charge < -0.3 is 9.47 Å².